The van der Waals surface area contributed by atoms with Gasteiger partial charge in [0.2, 0.25) is 0 Å². The van der Waals surface area contributed by atoms with Crippen molar-refractivity contribution in [2.45, 2.75) is 89.7 Å². The molecule has 0 saturated carbocycles. The Morgan fingerprint density at radius 3 is 2.35 bits per heavy atom. The molecule has 2 saturated heterocycles. The van der Waals surface area contributed by atoms with Crippen molar-refractivity contribution in [1.82, 2.24) is 14.7 Å². The highest BCUT2D eigenvalue weighted by atomic mass is 19.4. The molecule has 1 aromatic rings. The number of rotatable bonds is 2. The number of hydrogen-bond donors (Lipinski definition) is 0. The van der Waals surface area contributed by atoms with Crippen LogP contribution in [0.15, 0.2) is 18.2 Å². The number of hydrogen-bond acceptors (Lipinski definition) is 4. The Balaban J connectivity index is 1.38. The Hall–Kier alpha value is -1.80. The molecule has 34 heavy (non-hydrogen) atoms. The van der Waals surface area contributed by atoms with E-state index in [0.717, 1.165) is 56.4 Å². The Morgan fingerprint density at radius 1 is 1.09 bits per heavy atom. The molecule has 0 N–H and O–H groups in total. The predicted molar refractivity (Wildman–Crippen MR) is 126 cm³/mol. The quantitative estimate of drug-likeness (QED) is 0.560. The van der Waals surface area contributed by atoms with Crippen LogP contribution in [-0.4, -0.2) is 70.7 Å². The van der Waals surface area contributed by atoms with Gasteiger partial charge in [0.1, 0.15) is 5.60 Å². The first-order valence-corrected chi connectivity index (χ1v) is 12.5. The molecule has 0 aromatic heterocycles. The number of aryl methyl sites for hydroxylation is 1. The van der Waals surface area contributed by atoms with Crippen molar-refractivity contribution < 1.29 is 22.7 Å². The maximum absolute atomic E-state index is 13.3. The smallest absolute Gasteiger partial charge is 0.416 e. The second kappa shape index (κ2) is 9.01. The molecule has 4 rings (SSSR count). The maximum atomic E-state index is 13.3. The van der Waals surface area contributed by atoms with Crippen LogP contribution in [0.4, 0.5) is 18.0 Å². The van der Waals surface area contributed by atoms with Crippen molar-refractivity contribution in [3.8, 4) is 0 Å². The highest BCUT2D eigenvalue weighted by molar-refractivity contribution is 5.68. The minimum atomic E-state index is -4.31. The van der Waals surface area contributed by atoms with Gasteiger partial charge in [-0.05, 0) is 83.6 Å². The van der Waals surface area contributed by atoms with Crippen LogP contribution in [0.2, 0.25) is 0 Å². The molecule has 2 atom stereocenters. The lowest BCUT2D eigenvalue weighted by Gasteiger charge is -2.52. The molecule has 0 spiro atoms. The van der Waals surface area contributed by atoms with Gasteiger partial charge in [0.05, 0.1) is 5.56 Å². The normalized spacial score (nSPS) is 26.4. The van der Waals surface area contributed by atoms with Crippen molar-refractivity contribution in [3.63, 3.8) is 0 Å². The monoisotopic (exact) mass is 481 g/mol. The van der Waals surface area contributed by atoms with E-state index in [1.54, 1.807) is 11.0 Å². The van der Waals surface area contributed by atoms with Gasteiger partial charge >= 0.3 is 12.3 Å². The molecular weight excluding hydrogens is 443 g/mol. The molecule has 2 aliphatic heterocycles. The maximum Gasteiger partial charge on any atom is 0.416 e. The number of amides is 1. The van der Waals surface area contributed by atoms with Crippen molar-refractivity contribution in [2.75, 3.05) is 32.7 Å². The Morgan fingerprint density at radius 2 is 1.76 bits per heavy atom. The summed E-state index contributed by atoms with van der Waals surface area (Å²) in [6, 6.07) is 4.56. The van der Waals surface area contributed by atoms with Gasteiger partial charge in [-0.1, -0.05) is 6.07 Å². The van der Waals surface area contributed by atoms with E-state index >= 15 is 0 Å². The fourth-order valence-corrected chi connectivity index (χ4v) is 5.84. The third-order valence-electron chi connectivity index (χ3n) is 7.85. The first-order valence-electron chi connectivity index (χ1n) is 12.5. The number of carbonyl (C=O) groups is 1. The zero-order valence-corrected chi connectivity index (χ0v) is 21.0. The summed E-state index contributed by atoms with van der Waals surface area (Å²) in [5.74, 6) is 0. The predicted octanol–water partition coefficient (Wildman–Crippen LogP) is 5.49. The molecule has 2 unspecified atom stereocenters. The molecule has 3 aliphatic rings. The van der Waals surface area contributed by atoms with Gasteiger partial charge in [0, 0.05) is 50.3 Å². The molecule has 2 fully saturated rings. The molecule has 1 amide bonds. The lowest BCUT2D eigenvalue weighted by molar-refractivity contribution is -0.137. The molecule has 0 radical (unpaired) electrons. The first-order chi connectivity index (χ1) is 15.8. The minimum absolute atomic E-state index is 0.00982. The zero-order chi connectivity index (χ0) is 24.9. The van der Waals surface area contributed by atoms with E-state index in [4.69, 9.17) is 4.74 Å². The second-order valence-corrected chi connectivity index (χ2v) is 11.5. The summed E-state index contributed by atoms with van der Waals surface area (Å²) in [5.41, 5.74) is 0.869. The number of piperidine rings is 1. The summed E-state index contributed by atoms with van der Waals surface area (Å²) in [6.45, 7) is 14.1. The molecule has 8 heteroatoms. The molecule has 1 aliphatic carbocycles. The fourth-order valence-electron chi connectivity index (χ4n) is 5.84. The topological polar surface area (TPSA) is 36.0 Å². The fraction of sp³-hybridized carbons (Fsp3) is 0.731. The number of ether oxygens (including phenoxy) is 1. The Kier molecular flexibility index (Phi) is 6.70. The largest absolute Gasteiger partial charge is 0.444 e. The van der Waals surface area contributed by atoms with E-state index in [1.807, 2.05) is 20.8 Å². The van der Waals surface area contributed by atoms with Crippen LogP contribution in [0.3, 0.4) is 0 Å². The van der Waals surface area contributed by atoms with E-state index in [2.05, 4.69) is 23.6 Å². The number of alkyl halides is 3. The summed E-state index contributed by atoms with van der Waals surface area (Å²) in [7, 11) is 0. The third-order valence-corrected chi connectivity index (χ3v) is 7.85. The highest BCUT2D eigenvalue weighted by Crippen LogP contribution is 2.42. The first kappa shape index (κ1) is 25.3. The number of piperazine rings is 1. The average Bonchev–Trinajstić information content (AvgIpc) is 3.15. The number of carbonyl (C=O) groups excluding carboxylic acids is 1. The third kappa shape index (κ3) is 5.23. The van der Waals surface area contributed by atoms with Crippen molar-refractivity contribution in [2.24, 2.45) is 0 Å². The van der Waals surface area contributed by atoms with E-state index in [9.17, 15) is 18.0 Å². The van der Waals surface area contributed by atoms with Crippen molar-refractivity contribution in [3.05, 3.63) is 34.9 Å². The van der Waals surface area contributed by atoms with Gasteiger partial charge in [0.15, 0.2) is 0 Å². The summed E-state index contributed by atoms with van der Waals surface area (Å²) >= 11 is 0. The molecule has 0 bridgehead atoms. The van der Waals surface area contributed by atoms with E-state index in [0.29, 0.717) is 13.1 Å². The van der Waals surface area contributed by atoms with E-state index < -0.39 is 17.3 Å². The molecule has 190 valence electrons. The van der Waals surface area contributed by atoms with Crippen LogP contribution in [0.1, 0.15) is 76.6 Å². The summed E-state index contributed by atoms with van der Waals surface area (Å²) in [4.78, 5) is 19.2. The number of halogens is 3. The lowest BCUT2D eigenvalue weighted by Crippen LogP contribution is -2.62. The van der Waals surface area contributed by atoms with Crippen LogP contribution in [0, 0.1) is 0 Å². The van der Waals surface area contributed by atoms with E-state index in [1.165, 1.54) is 12.1 Å². The van der Waals surface area contributed by atoms with Crippen LogP contribution in [-0.2, 0) is 17.3 Å². The number of likely N-dealkylation sites (tertiary alicyclic amines) is 1. The summed E-state index contributed by atoms with van der Waals surface area (Å²) in [6.07, 6.45) is -1.06. The number of fused-ring (bicyclic) bond motifs is 1. The second-order valence-electron chi connectivity index (χ2n) is 11.5. The number of benzene rings is 1. The molecule has 2 heterocycles. The van der Waals surface area contributed by atoms with Crippen LogP contribution in [0.25, 0.3) is 0 Å². The SMILES string of the molecule is CC1CN(C2(C)CCN(C(=O)OC(C)(C)C)CC2)CCN1C1CCc2ccc(C(F)(F)F)cc21. The Bertz CT molecular complexity index is 904. The van der Waals surface area contributed by atoms with Gasteiger partial charge in [-0.2, -0.15) is 13.2 Å². The van der Waals surface area contributed by atoms with E-state index in [-0.39, 0.29) is 23.7 Å². The molecular formula is C26H38F3N3O2. The van der Waals surface area contributed by atoms with Crippen LogP contribution in [0.5, 0.6) is 0 Å². The van der Waals surface area contributed by atoms with Gasteiger partial charge in [-0.3, -0.25) is 9.80 Å². The van der Waals surface area contributed by atoms with Crippen molar-refractivity contribution in [1.29, 1.82) is 0 Å². The van der Waals surface area contributed by atoms with Crippen molar-refractivity contribution >= 4 is 6.09 Å². The van der Waals surface area contributed by atoms with Crippen LogP contribution < -0.4 is 0 Å². The molecule has 1 aromatic carbocycles. The summed E-state index contributed by atoms with van der Waals surface area (Å²) in [5, 5.41) is 0. The number of nitrogens with zero attached hydrogens (tertiary/aromatic N) is 3. The van der Waals surface area contributed by atoms with Gasteiger partial charge in [-0.15, -0.1) is 0 Å². The summed E-state index contributed by atoms with van der Waals surface area (Å²) < 4.78 is 45.5. The van der Waals surface area contributed by atoms with Gasteiger partial charge in [-0.25, -0.2) is 4.79 Å². The Labute approximate surface area is 201 Å². The zero-order valence-electron chi connectivity index (χ0n) is 21.0. The standard InChI is InChI=1S/C26H38F3N3O2/c1-18-17-31(25(5)10-12-30(13-11-25)23(33)34-24(2,3)4)14-15-32(18)22-9-7-19-6-8-20(16-21(19)22)26(27,28)29/h6,8,16,18,22H,7,9-15,17H2,1-5H3. The average molecular weight is 482 g/mol. The minimum Gasteiger partial charge on any atom is -0.444 e. The lowest BCUT2D eigenvalue weighted by atomic mass is 9.86. The van der Waals surface area contributed by atoms with Gasteiger partial charge in [0.25, 0.3) is 0 Å². The van der Waals surface area contributed by atoms with Crippen LogP contribution >= 0.6 is 0 Å². The van der Waals surface area contributed by atoms with Gasteiger partial charge < -0.3 is 9.64 Å². The highest BCUT2D eigenvalue weighted by Gasteiger charge is 2.43. The molecule has 5 nitrogen and oxygen atoms in total.